The van der Waals surface area contributed by atoms with E-state index in [1.807, 2.05) is 0 Å². The van der Waals surface area contributed by atoms with Crippen molar-refractivity contribution in [3.8, 4) is 0 Å². The fourth-order valence-electron chi connectivity index (χ4n) is 5.21. The van der Waals surface area contributed by atoms with Crippen LogP contribution in [0, 0.1) is 23.0 Å². The van der Waals surface area contributed by atoms with Gasteiger partial charge in [0.15, 0.2) is 0 Å². The van der Waals surface area contributed by atoms with E-state index in [1.165, 1.54) is 17.3 Å². The summed E-state index contributed by atoms with van der Waals surface area (Å²) in [6.07, 6.45) is -3.35. The van der Waals surface area contributed by atoms with Gasteiger partial charge in [0.2, 0.25) is 0 Å². The summed E-state index contributed by atoms with van der Waals surface area (Å²) in [7, 11) is 0. The molecule has 2 saturated heterocycles. The lowest BCUT2D eigenvalue weighted by atomic mass is 10.0. The Labute approximate surface area is 226 Å². The highest BCUT2D eigenvalue weighted by atomic mass is 32.1. The van der Waals surface area contributed by atoms with Gasteiger partial charge in [0, 0.05) is 75.2 Å². The Balaban J connectivity index is 1.24. The van der Waals surface area contributed by atoms with Crippen LogP contribution in [0.5, 0.6) is 0 Å². The van der Waals surface area contributed by atoms with E-state index in [0.717, 1.165) is 75.8 Å². The summed E-state index contributed by atoms with van der Waals surface area (Å²) in [5.74, 6) is 0.226. The van der Waals surface area contributed by atoms with Crippen molar-refractivity contribution < 1.29 is 18.1 Å². The number of likely N-dealkylation sites (tertiary alicyclic amines) is 1. The van der Waals surface area contributed by atoms with Gasteiger partial charge in [0.25, 0.3) is 5.69 Å². The van der Waals surface area contributed by atoms with Crippen LogP contribution in [-0.4, -0.2) is 71.6 Å². The zero-order valence-corrected chi connectivity index (χ0v) is 22.5. The third-order valence-corrected chi connectivity index (χ3v) is 8.06. The number of nitrogens with one attached hydrogen (secondary N) is 1. The number of piperazine rings is 1. The summed E-state index contributed by atoms with van der Waals surface area (Å²) in [6, 6.07) is 11.7. The first kappa shape index (κ1) is 28.1. The molecule has 2 aliphatic rings. The summed E-state index contributed by atoms with van der Waals surface area (Å²) in [6.45, 7) is 10.6. The van der Waals surface area contributed by atoms with E-state index in [1.54, 1.807) is 0 Å². The topological polar surface area (TPSA) is 64.9 Å². The van der Waals surface area contributed by atoms with Crippen molar-refractivity contribution in [3.63, 3.8) is 0 Å². The van der Waals surface area contributed by atoms with Gasteiger partial charge in [-0.15, -0.1) is 0 Å². The molecule has 11 heteroatoms. The van der Waals surface area contributed by atoms with Crippen LogP contribution in [0.25, 0.3) is 0 Å². The van der Waals surface area contributed by atoms with Crippen LogP contribution in [0.3, 0.4) is 0 Å². The van der Waals surface area contributed by atoms with E-state index in [-0.39, 0.29) is 17.6 Å². The maximum Gasteiger partial charge on any atom is 0.423 e. The van der Waals surface area contributed by atoms with Crippen LogP contribution in [0.15, 0.2) is 42.5 Å². The summed E-state index contributed by atoms with van der Waals surface area (Å²) in [5.41, 5.74) is 0.589. The first-order valence-corrected chi connectivity index (χ1v) is 13.4. The van der Waals surface area contributed by atoms with Crippen LogP contribution < -0.4 is 10.2 Å². The van der Waals surface area contributed by atoms with Crippen LogP contribution in [0.1, 0.15) is 30.9 Å². The van der Waals surface area contributed by atoms with Crippen LogP contribution >= 0.6 is 12.2 Å². The van der Waals surface area contributed by atoms with Crippen molar-refractivity contribution in [2.45, 2.75) is 38.9 Å². The van der Waals surface area contributed by atoms with Crippen LogP contribution in [-0.2, 0) is 6.18 Å². The quantitative estimate of drug-likeness (QED) is 0.275. The molecule has 0 saturated carbocycles. The molecule has 206 valence electrons. The summed E-state index contributed by atoms with van der Waals surface area (Å²) in [5, 5.41) is 14.1. The van der Waals surface area contributed by atoms with Gasteiger partial charge in [0.05, 0.1) is 9.91 Å². The maximum absolute atomic E-state index is 13.3. The zero-order valence-electron chi connectivity index (χ0n) is 21.7. The van der Waals surface area contributed by atoms with E-state index >= 15 is 0 Å². The number of nitro groups is 1. The van der Waals surface area contributed by atoms with Crippen molar-refractivity contribution in [2.24, 2.45) is 5.92 Å². The number of nitrogens with zero attached hydrogens (tertiary/aromatic N) is 4. The lowest BCUT2D eigenvalue weighted by Gasteiger charge is -2.39. The molecule has 2 fully saturated rings. The average molecular weight is 550 g/mol. The maximum atomic E-state index is 13.3. The van der Waals surface area contributed by atoms with Crippen LogP contribution in [0.4, 0.5) is 30.2 Å². The molecule has 1 N–H and O–H groups in total. The predicted octanol–water partition coefficient (Wildman–Crippen LogP) is 5.58. The molecular formula is C27H34F3N5O2S. The van der Waals surface area contributed by atoms with E-state index in [0.29, 0.717) is 0 Å². The number of aryl methyl sites for hydroxylation is 1. The highest BCUT2D eigenvalue weighted by Crippen LogP contribution is 2.38. The second-order valence-electron chi connectivity index (χ2n) is 10.3. The number of hydrogen-bond donors (Lipinski definition) is 1. The first-order valence-electron chi connectivity index (χ1n) is 13.0. The Morgan fingerprint density at radius 2 is 1.71 bits per heavy atom. The Morgan fingerprint density at radius 1 is 1.08 bits per heavy atom. The third kappa shape index (κ3) is 6.93. The Morgan fingerprint density at radius 3 is 2.29 bits per heavy atom. The summed E-state index contributed by atoms with van der Waals surface area (Å²) >= 11 is 5.82. The van der Waals surface area contributed by atoms with Gasteiger partial charge in [-0.25, -0.2) is 0 Å². The number of halogens is 3. The van der Waals surface area contributed by atoms with Gasteiger partial charge < -0.3 is 15.1 Å². The highest BCUT2D eigenvalue weighted by Gasteiger charge is 2.38. The second-order valence-corrected chi connectivity index (χ2v) is 10.7. The monoisotopic (exact) mass is 549 g/mol. The minimum atomic E-state index is -4.79. The number of anilines is 2. The van der Waals surface area contributed by atoms with Gasteiger partial charge >= 0.3 is 6.18 Å². The van der Waals surface area contributed by atoms with Gasteiger partial charge in [0.1, 0.15) is 5.56 Å². The molecule has 4 rings (SSSR count). The molecule has 0 amide bonds. The van der Waals surface area contributed by atoms with Crippen molar-refractivity contribution in [1.29, 1.82) is 0 Å². The van der Waals surface area contributed by atoms with E-state index < -0.39 is 22.4 Å². The molecule has 0 aromatic heterocycles. The highest BCUT2D eigenvalue weighted by molar-refractivity contribution is 7.80. The molecule has 1 atom stereocenters. The molecule has 2 aromatic carbocycles. The van der Waals surface area contributed by atoms with Gasteiger partial charge in [-0.1, -0.05) is 36.8 Å². The van der Waals surface area contributed by atoms with Crippen molar-refractivity contribution in [2.75, 3.05) is 56.0 Å². The fraction of sp³-hybridized carbons (Fsp3) is 0.519. The van der Waals surface area contributed by atoms with Crippen molar-refractivity contribution in [3.05, 3.63) is 63.7 Å². The standard InChI is InChI=1S/C27H34F3N5O2S/c1-19-3-6-23(7-4-19)33-15-13-32(14-16-33)18-20(2)26(38)34-11-9-21(10-12-34)31-22-5-8-25(35(36)37)24(17-22)27(28,29)30/h3-8,17,20-21,31H,9-16,18H2,1-2H3. The molecule has 0 spiro atoms. The smallest absolute Gasteiger partial charge is 0.382 e. The molecule has 7 nitrogen and oxygen atoms in total. The SMILES string of the molecule is Cc1ccc(N2CCN(CC(C)C(=S)N3CCC(Nc4ccc([N+](=O)[O-])c(C(F)(F)F)c4)CC3)CC2)cc1. The minimum absolute atomic E-state index is 0.0262. The third-order valence-electron chi connectivity index (χ3n) is 7.40. The molecule has 1 unspecified atom stereocenters. The second kappa shape index (κ2) is 11.9. The summed E-state index contributed by atoms with van der Waals surface area (Å²) in [4.78, 5) is 18.0. The molecule has 0 aliphatic carbocycles. The largest absolute Gasteiger partial charge is 0.423 e. The van der Waals surface area contributed by atoms with E-state index in [2.05, 4.69) is 58.1 Å². The number of alkyl halides is 3. The molecular weight excluding hydrogens is 515 g/mol. The molecule has 2 heterocycles. The average Bonchev–Trinajstić information content (AvgIpc) is 2.89. The normalized spacial score (nSPS) is 18.3. The molecule has 0 bridgehead atoms. The molecule has 2 aliphatic heterocycles. The minimum Gasteiger partial charge on any atom is -0.382 e. The number of hydrogen-bond acceptors (Lipinski definition) is 6. The Hall–Kier alpha value is -2.92. The lowest BCUT2D eigenvalue weighted by Crippen LogP contribution is -2.50. The van der Waals surface area contributed by atoms with E-state index in [9.17, 15) is 23.3 Å². The number of nitro benzene ring substituents is 1. The lowest BCUT2D eigenvalue weighted by molar-refractivity contribution is -0.388. The van der Waals surface area contributed by atoms with E-state index in [4.69, 9.17) is 12.2 Å². The van der Waals surface area contributed by atoms with Gasteiger partial charge in [-0.3, -0.25) is 15.0 Å². The molecule has 0 radical (unpaired) electrons. The number of rotatable bonds is 7. The Kier molecular flexibility index (Phi) is 8.77. The van der Waals surface area contributed by atoms with Gasteiger partial charge in [-0.2, -0.15) is 13.2 Å². The number of piperidine rings is 1. The predicted molar refractivity (Wildman–Crippen MR) is 148 cm³/mol. The van der Waals surface area contributed by atoms with Gasteiger partial charge in [-0.05, 0) is 44.0 Å². The number of thiocarbonyl (C=S) groups is 1. The number of benzene rings is 2. The summed E-state index contributed by atoms with van der Waals surface area (Å²) < 4.78 is 39.9. The first-order chi connectivity index (χ1) is 18.0. The molecule has 38 heavy (non-hydrogen) atoms. The van der Waals surface area contributed by atoms with Crippen molar-refractivity contribution >= 4 is 34.3 Å². The van der Waals surface area contributed by atoms with Crippen LogP contribution in [0.2, 0.25) is 0 Å². The fourth-order valence-corrected chi connectivity index (χ4v) is 5.47. The zero-order chi connectivity index (χ0) is 27.4. The van der Waals surface area contributed by atoms with Crippen molar-refractivity contribution in [1.82, 2.24) is 9.80 Å². The molecule has 2 aromatic rings. The Bertz CT molecular complexity index is 1130.